The predicted octanol–water partition coefficient (Wildman–Crippen LogP) is 3.08. The van der Waals surface area contributed by atoms with E-state index in [1.54, 1.807) is 0 Å². The number of nitrogens with zero attached hydrogens (tertiary/aromatic N) is 3. The molecule has 2 bridgehead atoms. The minimum absolute atomic E-state index is 0.168. The summed E-state index contributed by atoms with van der Waals surface area (Å²) in [5.41, 5.74) is 4.04. The summed E-state index contributed by atoms with van der Waals surface area (Å²) in [5.74, 6) is 0.319. The van der Waals surface area contributed by atoms with Crippen molar-refractivity contribution < 1.29 is 5.11 Å². The fourth-order valence-electron chi connectivity index (χ4n) is 6.60. The van der Waals surface area contributed by atoms with E-state index < -0.39 is 0 Å². The summed E-state index contributed by atoms with van der Waals surface area (Å²) in [4.78, 5) is 6.96. The van der Waals surface area contributed by atoms with Crippen LogP contribution in [0.3, 0.4) is 0 Å². The van der Waals surface area contributed by atoms with Crippen LogP contribution >= 0.6 is 0 Å². The lowest BCUT2D eigenvalue weighted by molar-refractivity contribution is -0.168. The molecular weight excluding hydrogens is 310 g/mol. The van der Waals surface area contributed by atoms with Crippen molar-refractivity contribution in [3.63, 3.8) is 0 Å². The van der Waals surface area contributed by atoms with E-state index in [-0.39, 0.29) is 17.6 Å². The number of fused-ring (bicyclic) bond motifs is 5. The van der Waals surface area contributed by atoms with Crippen LogP contribution in [0.4, 0.5) is 0 Å². The highest BCUT2D eigenvalue weighted by Crippen LogP contribution is 2.62. The van der Waals surface area contributed by atoms with Crippen molar-refractivity contribution in [3.05, 3.63) is 42.4 Å². The predicted molar refractivity (Wildman–Crippen MR) is 96.2 cm³/mol. The van der Waals surface area contributed by atoms with Gasteiger partial charge in [0.15, 0.2) is 0 Å². The number of piperidine rings is 1. The zero-order chi connectivity index (χ0) is 16.8. The molecule has 6 rings (SSSR count). The first kappa shape index (κ1) is 14.5. The smallest absolute Gasteiger partial charge is 0.0956 e. The normalized spacial score (nSPS) is 41.6. The Hall–Kier alpha value is -1.65. The fraction of sp³-hybridized carbons (Fsp3) is 0.571. The molecule has 6 atom stereocenters. The molecule has 4 heteroatoms. The Balaban J connectivity index is 1.34. The SMILES string of the molecule is CN1[C@@H]2CC[C@H]1C[C@]1(C[C@H]([C@H]3c4ccccc4-c4cncn43)[C@@H]1O)C2. The van der Waals surface area contributed by atoms with Crippen LogP contribution in [-0.4, -0.2) is 44.8 Å². The molecule has 4 nitrogen and oxygen atoms in total. The van der Waals surface area contributed by atoms with Crippen LogP contribution in [0.2, 0.25) is 0 Å². The Morgan fingerprint density at radius 3 is 2.64 bits per heavy atom. The molecule has 0 unspecified atom stereocenters. The zero-order valence-electron chi connectivity index (χ0n) is 14.7. The third-order valence-electron chi connectivity index (χ3n) is 7.87. The van der Waals surface area contributed by atoms with Gasteiger partial charge in [0.1, 0.15) is 0 Å². The second kappa shape index (κ2) is 4.74. The van der Waals surface area contributed by atoms with Gasteiger partial charge in [-0.15, -0.1) is 0 Å². The van der Waals surface area contributed by atoms with E-state index in [9.17, 15) is 5.11 Å². The molecule has 2 aromatic rings. The van der Waals surface area contributed by atoms with Gasteiger partial charge < -0.3 is 14.6 Å². The quantitative estimate of drug-likeness (QED) is 0.871. The van der Waals surface area contributed by atoms with Crippen LogP contribution in [-0.2, 0) is 0 Å². The summed E-state index contributed by atoms with van der Waals surface area (Å²) in [6.45, 7) is 0. The minimum atomic E-state index is -0.185. The molecule has 1 aliphatic carbocycles. The van der Waals surface area contributed by atoms with E-state index in [0.29, 0.717) is 18.0 Å². The molecule has 1 spiro atoms. The van der Waals surface area contributed by atoms with E-state index in [1.165, 1.54) is 42.5 Å². The van der Waals surface area contributed by atoms with Crippen molar-refractivity contribution in [1.29, 1.82) is 0 Å². The number of imidazole rings is 1. The van der Waals surface area contributed by atoms with Gasteiger partial charge in [0.05, 0.1) is 30.4 Å². The van der Waals surface area contributed by atoms with Crippen LogP contribution in [0, 0.1) is 11.3 Å². The number of rotatable bonds is 1. The highest BCUT2D eigenvalue weighted by Gasteiger charge is 2.61. The monoisotopic (exact) mass is 335 g/mol. The summed E-state index contributed by atoms with van der Waals surface area (Å²) in [6, 6.07) is 10.3. The van der Waals surface area contributed by atoms with Gasteiger partial charge in [-0.05, 0) is 44.7 Å². The molecule has 0 amide bonds. The first-order chi connectivity index (χ1) is 12.2. The second-order valence-electron chi connectivity index (χ2n) is 8.85. The van der Waals surface area contributed by atoms with Crippen LogP contribution in [0.25, 0.3) is 11.3 Å². The lowest BCUT2D eigenvalue weighted by Crippen LogP contribution is -2.61. The summed E-state index contributed by atoms with van der Waals surface area (Å²) in [5, 5.41) is 11.3. The first-order valence-corrected chi connectivity index (χ1v) is 9.69. The van der Waals surface area contributed by atoms with E-state index >= 15 is 0 Å². The van der Waals surface area contributed by atoms with Gasteiger partial charge in [0.2, 0.25) is 0 Å². The molecule has 2 saturated heterocycles. The van der Waals surface area contributed by atoms with E-state index in [0.717, 1.165) is 6.42 Å². The highest BCUT2D eigenvalue weighted by molar-refractivity contribution is 5.69. The minimum Gasteiger partial charge on any atom is -0.392 e. The lowest BCUT2D eigenvalue weighted by atomic mass is 9.52. The molecule has 25 heavy (non-hydrogen) atoms. The van der Waals surface area contributed by atoms with Crippen molar-refractivity contribution in [2.24, 2.45) is 11.3 Å². The number of aromatic nitrogens is 2. The first-order valence-electron chi connectivity index (χ1n) is 9.69. The average molecular weight is 335 g/mol. The Bertz CT molecular complexity index is 829. The number of hydrogen-bond donors (Lipinski definition) is 1. The van der Waals surface area contributed by atoms with Crippen molar-refractivity contribution in [3.8, 4) is 11.3 Å². The molecule has 1 N–H and O–H groups in total. The van der Waals surface area contributed by atoms with Gasteiger partial charge in [-0.3, -0.25) is 0 Å². The largest absolute Gasteiger partial charge is 0.392 e. The van der Waals surface area contributed by atoms with E-state index in [4.69, 9.17) is 0 Å². The summed E-state index contributed by atoms with van der Waals surface area (Å²) in [6.07, 6.45) is 9.90. The average Bonchev–Trinajstić information content (AvgIpc) is 3.25. The van der Waals surface area contributed by atoms with Crippen LogP contribution < -0.4 is 0 Å². The molecule has 3 aliphatic heterocycles. The number of aliphatic hydroxyl groups is 1. The van der Waals surface area contributed by atoms with Gasteiger partial charge in [-0.2, -0.15) is 0 Å². The molecule has 4 aliphatic rings. The second-order valence-corrected chi connectivity index (χ2v) is 8.85. The van der Waals surface area contributed by atoms with Crippen molar-refractivity contribution in [2.45, 2.75) is 56.3 Å². The Morgan fingerprint density at radius 1 is 1.12 bits per heavy atom. The number of benzene rings is 1. The number of hydrogen-bond acceptors (Lipinski definition) is 3. The third kappa shape index (κ3) is 1.72. The Labute approximate surface area is 148 Å². The van der Waals surface area contributed by atoms with Gasteiger partial charge in [0, 0.05) is 29.0 Å². The van der Waals surface area contributed by atoms with Gasteiger partial charge in [-0.1, -0.05) is 24.3 Å². The maximum absolute atomic E-state index is 11.3. The van der Waals surface area contributed by atoms with Crippen molar-refractivity contribution >= 4 is 0 Å². The summed E-state index contributed by atoms with van der Waals surface area (Å²) < 4.78 is 2.30. The van der Waals surface area contributed by atoms with Gasteiger partial charge in [0.25, 0.3) is 0 Å². The summed E-state index contributed by atoms with van der Waals surface area (Å²) in [7, 11) is 2.28. The Kier molecular flexibility index (Phi) is 2.75. The Morgan fingerprint density at radius 2 is 1.88 bits per heavy atom. The highest BCUT2D eigenvalue weighted by atomic mass is 16.3. The molecular formula is C21H25N3O. The molecule has 3 fully saturated rings. The molecule has 1 aromatic carbocycles. The van der Waals surface area contributed by atoms with Crippen LogP contribution in [0.15, 0.2) is 36.8 Å². The van der Waals surface area contributed by atoms with Crippen LogP contribution in [0.5, 0.6) is 0 Å². The van der Waals surface area contributed by atoms with Gasteiger partial charge >= 0.3 is 0 Å². The van der Waals surface area contributed by atoms with Crippen LogP contribution in [0.1, 0.15) is 43.7 Å². The summed E-state index contributed by atoms with van der Waals surface area (Å²) >= 11 is 0. The molecule has 1 aromatic heterocycles. The molecule has 4 heterocycles. The van der Waals surface area contributed by atoms with Crippen molar-refractivity contribution in [1.82, 2.24) is 14.5 Å². The topological polar surface area (TPSA) is 41.3 Å². The zero-order valence-corrected chi connectivity index (χ0v) is 14.7. The fourth-order valence-corrected chi connectivity index (χ4v) is 6.60. The molecule has 130 valence electrons. The molecule has 0 radical (unpaired) electrons. The standard InChI is InChI=1S/C21H25N3O/c1-23-13-6-7-14(23)9-21(8-13)10-17(20(21)25)19-16-5-3-2-4-15(16)18-11-22-12-24(18)19/h2-5,11-14,17,19-20,25H,6-10H2,1H3/t13-,14+,17-,19-,20+,21+/m1/s1. The lowest BCUT2D eigenvalue weighted by Gasteiger charge is -2.59. The number of aliphatic hydroxyl groups excluding tert-OH is 1. The third-order valence-corrected chi connectivity index (χ3v) is 7.87. The molecule has 1 saturated carbocycles. The maximum Gasteiger partial charge on any atom is 0.0956 e. The van der Waals surface area contributed by atoms with E-state index in [1.807, 2.05) is 12.5 Å². The van der Waals surface area contributed by atoms with Crippen molar-refractivity contribution in [2.75, 3.05) is 7.05 Å². The van der Waals surface area contributed by atoms with Gasteiger partial charge in [-0.25, -0.2) is 4.98 Å². The maximum atomic E-state index is 11.3. The van der Waals surface area contributed by atoms with E-state index in [2.05, 4.69) is 45.8 Å².